The Kier molecular flexibility index (Phi) is 7.01. The molecule has 4 aromatic rings. The molecule has 2 aliphatic rings. The van der Waals surface area contributed by atoms with E-state index in [1.165, 1.54) is 9.69 Å². The van der Waals surface area contributed by atoms with Crippen LogP contribution in [0.3, 0.4) is 0 Å². The summed E-state index contributed by atoms with van der Waals surface area (Å²) >= 11 is 0. The van der Waals surface area contributed by atoms with Gasteiger partial charge in [-0.05, 0) is 73.9 Å². The number of fused-ring (bicyclic) bond motifs is 1. The van der Waals surface area contributed by atoms with Gasteiger partial charge in [0.25, 0.3) is 0 Å². The highest BCUT2D eigenvalue weighted by atomic mass is 32.2. The van der Waals surface area contributed by atoms with Crippen molar-refractivity contribution in [3.05, 3.63) is 83.7 Å². The summed E-state index contributed by atoms with van der Waals surface area (Å²) in [5.74, 6) is 0. The highest BCUT2D eigenvalue weighted by Crippen LogP contribution is 2.34. The van der Waals surface area contributed by atoms with Gasteiger partial charge < -0.3 is 14.2 Å². The molecule has 2 aliphatic heterocycles. The van der Waals surface area contributed by atoms with Crippen molar-refractivity contribution in [3.8, 4) is 5.69 Å². The molecule has 0 bridgehead atoms. The van der Waals surface area contributed by atoms with Gasteiger partial charge in [-0.25, -0.2) is 8.42 Å². The van der Waals surface area contributed by atoms with Gasteiger partial charge in [-0.2, -0.15) is 4.31 Å². The van der Waals surface area contributed by atoms with Crippen LogP contribution in [0.25, 0.3) is 16.5 Å². The van der Waals surface area contributed by atoms with Crippen LogP contribution in [0.1, 0.15) is 29.8 Å². The number of aryl methyl sites for hydroxylation is 1. The maximum Gasteiger partial charge on any atom is 0.243 e. The van der Waals surface area contributed by atoms with E-state index >= 15 is 0 Å². The Morgan fingerprint density at radius 1 is 0.821 bits per heavy atom. The van der Waals surface area contributed by atoms with Gasteiger partial charge in [0.05, 0.1) is 35.2 Å². The first-order valence-electron chi connectivity index (χ1n) is 13.6. The van der Waals surface area contributed by atoms with E-state index in [0.717, 1.165) is 65.3 Å². The fourth-order valence-corrected chi connectivity index (χ4v) is 7.12. The van der Waals surface area contributed by atoms with Crippen LogP contribution >= 0.6 is 0 Å². The maximum absolute atomic E-state index is 13.6. The van der Waals surface area contributed by atoms with E-state index in [9.17, 15) is 8.42 Å². The number of nitrogens with zero attached hydrogens (tertiary/aromatic N) is 4. The number of morpholine rings is 1. The van der Waals surface area contributed by atoms with Gasteiger partial charge in [-0.1, -0.05) is 30.3 Å². The number of hydrogen-bond donors (Lipinski definition) is 0. The van der Waals surface area contributed by atoms with Gasteiger partial charge in [0.1, 0.15) is 0 Å². The zero-order chi connectivity index (χ0) is 27.0. The summed E-state index contributed by atoms with van der Waals surface area (Å²) in [5, 5.41) is 2.35. The molecule has 6 rings (SSSR count). The third kappa shape index (κ3) is 5.00. The van der Waals surface area contributed by atoms with Crippen LogP contribution in [-0.2, 0) is 14.8 Å². The Balaban J connectivity index is 1.40. The lowest BCUT2D eigenvalue weighted by Gasteiger charge is -2.28. The van der Waals surface area contributed by atoms with E-state index in [2.05, 4.69) is 53.6 Å². The molecule has 0 atom stereocenters. The Morgan fingerprint density at radius 2 is 1.56 bits per heavy atom. The first-order valence-corrected chi connectivity index (χ1v) is 15.0. The Morgan fingerprint density at radius 3 is 2.33 bits per heavy atom. The lowest BCUT2D eigenvalue weighted by atomic mass is 10.1. The molecule has 2 fully saturated rings. The van der Waals surface area contributed by atoms with E-state index in [1.807, 2.05) is 36.5 Å². The Bertz CT molecular complexity index is 1650. The predicted octanol–water partition coefficient (Wildman–Crippen LogP) is 5.62. The number of benzene rings is 3. The van der Waals surface area contributed by atoms with Gasteiger partial charge in [0, 0.05) is 49.3 Å². The second kappa shape index (κ2) is 10.6. The zero-order valence-electron chi connectivity index (χ0n) is 22.5. The molecule has 0 unspecified atom stereocenters. The van der Waals surface area contributed by atoms with Crippen molar-refractivity contribution in [3.63, 3.8) is 0 Å². The van der Waals surface area contributed by atoms with Crippen LogP contribution in [0.5, 0.6) is 0 Å². The molecule has 1 aromatic heterocycles. The first-order chi connectivity index (χ1) is 18.9. The molecule has 8 heteroatoms. The van der Waals surface area contributed by atoms with Gasteiger partial charge in [-0.3, -0.25) is 4.99 Å². The first kappa shape index (κ1) is 25.8. The number of rotatable bonds is 6. The second-order valence-electron chi connectivity index (χ2n) is 10.3. The smallest absolute Gasteiger partial charge is 0.243 e. The molecule has 0 radical (unpaired) electrons. The minimum Gasteiger partial charge on any atom is -0.379 e. The standard InChI is InChI=1S/C31H34N4O3S/c1-23-19-27(22-32-28-10-9-25-7-3-4-8-26(25)20-28)24(2)35(23)31-21-29(11-12-30(31)33-13-5-6-14-33)39(36,37)34-15-17-38-18-16-34/h3-4,7-12,19-22H,5-6,13-18H2,1-2H3. The Hall–Kier alpha value is -3.46. The van der Waals surface area contributed by atoms with Crippen LogP contribution in [0.4, 0.5) is 11.4 Å². The minimum atomic E-state index is -3.62. The molecule has 3 aromatic carbocycles. The number of hydrogen-bond acceptors (Lipinski definition) is 5. The fraction of sp³-hybridized carbons (Fsp3) is 0.323. The average Bonchev–Trinajstić information content (AvgIpc) is 3.59. The molecule has 0 aliphatic carbocycles. The molecule has 7 nitrogen and oxygen atoms in total. The van der Waals surface area contributed by atoms with E-state index in [-0.39, 0.29) is 0 Å². The molecule has 2 saturated heterocycles. The quantitative estimate of drug-likeness (QED) is 0.297. The maximum atomic E-state index is 13.6. The fourth-order valence-electron chi connectivity index (χ4n) is 5.69. The summed E-state index contributed by atoms with van der Waals surface area (Å²) in [6, 6.07) is 22.2. The van der Waals surface area contributed by atoms with Gasteiger partial charge in [0.15, 0.2) is 0 Å². The van der Waals surface area contributed by atoms with Gasteiger partial charge in [-0.15, -0.1) is 0 Å². The van der Waals surface area contributed by atoms with Crippen molar-refractivity contribution in [2.75, 3.05) is 44.3 Å². The van der Waals surface area contributed by atoms with Crippen molar-refractivity contribution in [1.29, 1.82) is 0 Å². The van der Waals surface area contributed by atoms with Gasteiger partial charge >= 0.3 is 0 Å². The third-order valence-corrected chi connectivity index (χ3v) is 9.69. The number of ether oxygens (including phenoxy) is 1. The predicted molar refractivity (Wildman–Crippen MR) is 157 cm³/mol. The van der Waals surface area contributed by atoms with Crippen molar-refractivity contribution in [2.24, 2.45) is 4.99 Å². The summed E-state index contributed by atoms with van der Waals surface area (Å²) < 4.78 is 36.2. The van der Waals surface area contributed by atoms with Crippen LogP contribution in [-0.4, -0.2) is 62.9 Å². The lowest BCUT2D eigenvalue weighted by molar-refractivity contribution is 0.0730. The molecule has 202 valence electrons. The zero-order valence-corrected chi connectivity index (χ0v) is 23.3. The monoisotopic (exact) mass is 542 g/mol. The van der Waals surface area contributed by atoms with Crippen LogP contribution in [0.2, 0.25) is 0 Å². The second-order valence-corrected chi connectivity index (χ2v) is 12.3. The largest absolute Gasteiger partial charge is 0.379 e. The molecule has 0 amide bonds. The number of aromatic nitrogens is 1. The molecule has 0 spiro atoms. The highest BCUT2D eigenvalue weighted by Gasteiger charge is 2.28. The van der Waals surface area contributed by atoms with Crippen molar-refractivity contribution in [1.82, 2.24) is 8.87 Å². The van der Waals surface area contributed by atoms with Crippen molar-refractivity contribution >= 4 is 38.4 Å². The van der Waals surface area contributed by atoms with Crippen LogP contribution < -0.4 is 4.90 Å². The molecular weight excluding hydrogens is 508 g/mol. The SMILES string of the molecule is Cc1cc(C=Nc2ccc3ccccc3c2)c(C)n1-c1cc(S(=O)(=O)N2CCOCC2)ccc1N1CCCC1. The van der Waals surface area contributed by atoms with E-state index in [1.54, 1.807) is 6.07 Å². The topological polar surface area (TPSA) is 67.1 Å². The summed E-state index contributed by atoms with van der Waals surface area (Å²) in [7, 11) is -3.62. The average molecular weight is 543 g/mol. The molecule has 3 heterocycles. The minimum absolute atomic E-state index is 0.321. The van der Waals surface area contributed by atoms with Crippen molar-refractivity contribution in [2.45, 2.75) is 31.6 Å². The van der Waals surface area contributed by atoms with E-state index in [0.29, 0.717) is 31.2 Å². The lowest BCUT2D eigenvalue weighted by Crippen LogP contribution is -2.40. The molecular formula is C31H34N4O3S. The number of aliphatic imine (C=N–C) groups is 1. The van der Waals surface area contributed by atoms with Crippen LogP contribution in [0.15, 0.2) is 76.6 Å². The highest BCUT2D eigenvalue weighted by molar-refractivity contribution is 7.89. The molecule has 0 N–H and O–H groups in total. The normalized spacial score (nSPS) is 17.0. The summed E-state index contributed by atoms with van der Waals surface area (Å²) in [5.41, 5.74) is 5.93. The van der Waals surface area contributed by atoms with Crippen molar-refractivity contribution < 1.29 is 13.2 Å². The number of anilines is 1. The molecule has 39 heavy (non-hydrogen) atoms. The van der Waals surface area contributed by atoms with Gasteiger partial charge in [0.2, 0.25) is 10.0 Å². The summed E-state index contributed by atoms with van der Waals surface area (Å²) in [6.07, 6.45) is 4.19. The summed E-state index contributed by atoms with van der Waals surface area (Å²) in [4.78, 5) is 7.47. The summed E-state index contributed by atoms with van der Waals surface area (Å²) in [6.45, 7) is 7.69. The Labute approximate surface area is 230 Å². The van der Waals surface area contributed by atoms with Crippen LogP contribution in [0, 0.1) is 13.8 Å². The molecule has 0 saturated carbocycles. The third-order valence-electron chi connectivity index (χ3n) is 7.80. The van der Waals surface area contributed by atoms with E-state index < -0.39 is 10.0 Å². The van der Waals surface area contributed by atoms with E-state index in [4.69, 9.17) is 9.73 Å². The number of sulfonamides is 1.